The van der Waals surface area contributed by atoms with E-state index in [0.29, 0.717) is 0 Å². The van der Waals surface area contributed by atoms with Gasteiger partial charge in [-0.05, 0) is 30.5 Å². The van der Waals surface area contributed by atoms with Gasteiger partial charge in [0, 0.05) is 62.5 Å². The molecule has 1 aromatic carbocycles. The first-order valence-corrected chi connectivity index (χ1v) is 10.6. The third-order valence-electron chi connectivity index (χ3n) is 6.14. The van der Waals surface area contributed by atoms with Gasteiger partial charge in [0.15, 0.2) is 0 Å². The Labute approximate surface area is 175 Å². The highest BCUT2D eigenvalue weighted by Crippen LogP contribution is 2.28. The fourth-order valence-corrected chi connectivity index (χ4v) is 4.50. The van der Waals surface area contributed by atoms with Gasteiger partial charge in [-0.25, -0.2) is 4.98 Å². The number of rotatable bonds is 4. The molecular formula is C23H27N5O2. The molecule has 0 saturated carbocycles. The van der Waals surface area contributed by atoms with Crippen LogP contribution < -0.4 is 20.5 Å². The number of pyridine rings is 2. The van der Waals surface area contributed by atoms with E-state index in [1.165, 1.54) is 5.56 Å². The van der Waals surface area contributed by atoms with Gasteiger partial charge in [-0.1, -0.05) is 12.1 Å². The summed E-state index contributed by atoms with van der Waals surface area (Å²) in [4.78, 5) is 24.8. The predicted octanol–water partition coefficient (Wildman–Crippen LogP) is 2.61. The number of nitrogens with one attached hydrogen (secondary N) is 2. The fourth-order valence-electron chi connectivity index (χ4n) is 4.50. The maximum Gasteiger partial charge on any atom is 0.253 e. The third kappa shape index (κ3) is 3.61. The largest absolute Gasteiger partial charge is 0.497 e. The second kappa shape index (κ2) is 7.99. The molecule has 7 heteroatoms. The molecule has 4 heterocycles. The SMILES string of the molecule is COc1ccnc(N2CCN(Cc3ccc4c5c(c(=O)[nH]c4c3)CCCN5)CC2)c1. The summed E-state index contributed by atoms with van der Waals surface area (Å²) in [5.74, 6) is 1.80. The van der Waals surface area contributed by atoms with Crippen LogP contribution >= 0.6 is 0 Å². The highest BCUT2D eigenvalue weighted by molar-refractivity contribution is 5.93. The molecule has 1 fully saturated rings. The molecule has 2 aliphatic rings. The lowest BCUT2D eigenvalue weighted by atomic mass is 10.0. The first-order chi connectivity index (χ1) is 14.7. The number of methoxy groups -OCH3 is 1. The van der Waals surface area contributed by atoms with E-state index < -0.39 is 0 Å². The standard InChI is InChI=1S/C23H27N5O2/c1-30-17-6-8-24-21(14-17)28-11-9-27(10-12-28)15-16-4-5-18-20(13-16)26-23(29)19-3-2-7-25-22(18)19/h4-6,8,13-14,25H,2-3,7,9-12,15H2,1H3,(H,26,29). The Kier molecular flexibility index (Phi) is 5.04. The Hall–Kier alpha value is -3.06. The Morgan fingerprint density at radius 2 is 2.00 bits per heavy atom. The fraction of sp³-hybridized carbons (Fsp3) is 0.391. The Morgan fingerprint density at radius 3 is 2.83 bits per heavy atom. The molecule has 0 unspecified atom stereocenters. The van der Waals surface area contributed by atoms with Gasteiger partial charge in [0.25, 0.3) is 5.56 Å². The molecule has 0 atom stereocenters. The van der Waals surface area contributed by atoms with E-state index in [2.05, 4.69) is 43.3 Å². The number of piperazine rings is 1. The third-order valence-corrected chi connectivity index (χ3v) is 6.14. The van der Waals surface area contributed by atoms with E-state index >= 15 is 0 Å². The number of ether oxygens (including phenoxy) is 1. The van der Waals surface area contributed by atoms with Crippen molar-refractivity contribution in [3.63, 3.8) is 0 Å². The lowest BCUT2D eigenvalue weighted by Gasteiger charge is -2.35. The van der Waals surface area contributed by atoms with Crippen LogP contribution in [-0.4, -0.2) is 54.7 Å². The molecule has 3 aromatic rings. The average Bonchev–Trinajstić information content (AvgIpc) is 2.80. The number of aromatic nitrogens is 2. The van der Waals surface area contributed by atoms with E-state index in [1.54, 1.807) is 13.3 Å². The van der Waals surface area contributed by atoms with Crippen LogP contribution in [0.2, 0.25) is 0 Å². The van der Waals surface area contributed by atoms with Crippen LogP contribution in [0, 0.1) is 0 Å². The number of hydrogen-bond donors (Lipinski definition) is 2. The average molecular weight is 406 g/mol. The Bertz CT molecular complexity index is 1120. The van der Waals surface area contributed by atoms with Crippen LogP contribution in [0.4, 0.5) is 11.5 Å². The zero-order chi connectivity index (χ0) is 20.5. The van der Waals surface area contributed by atoms with Crippen molar-refractivity contribution in [2.75, 3.05) is 50.1 Å². The van der Waals surface area contributed by atoms with Crippen molar-refractivity contribution in [2.45, 2.75) is 19.4 Å². The van der Waals surface area contributed by atoms with Gasteiger partial charge < -0.3 is 19.9 Å². The number of aromatic amines is 1. The van der Waals surface area contributed by atoms with E-state index in [-0.39, 0.29) is 5.56 Å². The summed E-state index contributed by atoms with van der Waals surface area (Å²) in [6, 6.07) is 10.3. The molecule has 1 saturated heterocycles. The molecule has 2 aliphatic heterocycles. The molecule has 7 nitrogen and oxygen atoms in total. The molecule has 2 N–H and O–H groups in total. The van der Waals surface area contributed by atoms with Crippen molar-refractivity contribution in [1.82, 2.24) is 14.9 Å². The zero-order valence-corrected chi connectivity index (χ0v) is 17.3. The first kappa shape index (κ1) is 18.9. The summed E-state index contributed by atoms with van der Waals surface area (Å²) in [5, 5.41) is 4.54. The minimum absolute atomic E-state index is 0.0428. The quantitative estimate of drug-likeness (QED) is 0.695. The summed E-state index contributed by atoms with van der Waals surface area (Å²) in [6.45, 7) is 5.62. The summed E-state index contributed by atoms with van der Waals surface area (Å²) in [6.07, 6.45) is 3.66. The topological polar surface area (TPSA) is 73.5 Å². The van der Waals surface area contributed by atoms with Crippen molar-refractivity contribution >= 4 is 22.4 Å². The van der Waals surface area contributed by atoms with Gasteiger partial charge in [0.1, 0.15) is 11.6 Å². The predicted molar refractivity (Wildman–Crippen MR) is 120 cm³/mol. The van der Waals surface area contributed by atoms with Crippen LogP contribution in [-0.2, 0) is 13.0 Å². The number of hydrogen-bond acceptors (Lipinski definition) is 6. The van der Waals surface area contributed by atoms with Gasteiger partial charge in [-0.3, -0.25) is 9.69 Å². The van der Waals surface area contributed by atoms with Crippen LogP contribution in [0.15, 0.2) is 41.3 Å². The van der Waals surface area contributed by atoms with E-state index in [4.69, 9.17) is 4.74 Å². The number of anilines is 2. The van der Waals surface area contributed by atoms with Crippen LogP contribution in [0.25, 0.3) is 10.9 Å². The first-order valence-electron chi connectivity index (χ1n) is 10.6. The molecule has 156 valence electrons. The molecule has 0 amide bonds. The van der Waals surface area contributed by atoms with Gasteiger partial charge in [-0.2, -0.15) is 0 Å². The Balaban J connectivity index is 1.29. The monoisotopic (exact) mass is 405 g/mol. The maximum absolute atomic E-state index is 12.5. The number of nitrogens with zero attached hydrogens (tertiary/aromatic N) is 3. The number of benzene rings is 1. The Morgan fingerprint density at radius 1 is 1.13 bits per heavy atom. The van der Waals surface area contributed by atoms with Crippen LogP contribution in [0.1, 0.15) is 17.5 Å². The summed E-state index contributed by atoms with van der Waals surface area (Å²) in [5.41, 5.74) is 4.10. The van der Waals surface area contributed by atoms with Crippen LogP contribution in [0.5, 0.6) is 5.75 Å². The number of fused-ring (bicyclic) bond motifs is 3. The van der Waals surface area contributed by atoms with Gasteiger partial charge in [-0.15, -0.1) is 0 Å². The molecule has 5 rings (SSSR count). The highest BCUT2D eigenvalue weighted by Gasteiger charge is 2.20. The molecule has 0 radical (unpaired) electrons. The second-order valence-corrected chi connectivity index (χ2v) is 8.04. The van der Waals surface area contributed by atoms with Crippen LogP contribution in [0.3, 0.4) is 0 Å². The van der Waals surface area contributed by atoms with E-state index in [9.17, 15) is 4.79 Å². The molecule has 2 aromatic heterocycles. The lowest BCUT2D eigenvalue weighted by molar-refractivity contribution is 0.249. The minimum atomic E-state index is 0.0428. The molecular weight excluding hydrogens is 378 g/mol. The lowest BCUT2D eigenvalue weighted by Crippen LogP contribution is -2.46. The highest BCUT2D eigenvalue weighted by atomic mass is 16.5. The summed E-state index contributed by atoms with van der Waals surface area (Å²) in [7, 11) is 1.68. The molecule has 0 bridgehead atoms. The minimum Gasteiger partial charge on any atom is -0.497 e. The normalized spacial score (nSPS) is 16.9. The van der Waals surface area contributed by atoms with Crippen molar-refractivity contribution in [3.8, 4) is 5.75 Å². The van der Waals surface area contributed by atoms with E-state index in [0.717, 1.165) is 85.8 Å². The summed E-state index contributed by atoms with van der Waals surface area (Å²) < 4.78 is 5.32. The number of H-pyrrole nitrogens is 1. The second-order valence-electron chi connectivity index (χ2n) is 8.04. The molecule has 30 heavy (non-hydrogen) atoms. The maximum atomic E-state index is 12.5. The van der Waals surface area contributed by atoms with Gasteiger partial charge >= 0.3 is 0 Å². The summed E-state index contributed by atoms with van der Waals surface area (Å²) >= 11 is 0. The molecule has 0 spiro atoms. The van der Waals surface area contributed by atoms with Crippen molar-refractivity contribution < 1.29 is 4.74 Å². The van der Waals surface area contributed by atoms with Gasteiger partial charge in [0.05, 0.1) is 18.3 Å². The smallest absolute Gasteiger partial charge is 0.253 e. The zero-order valence-electron chi connectivity index (χ0n) is 17.3. The molecule has 0 aliphatic carbocycles. The van der Waals surface area contributed by atoms with Gasteiger partial charge in [0.2, 0.25) is 0 Å². The van der Waals surface area contributed by atoms with E-state index in [1.807, 2.05) is 12.1 Å². The van der Waals surface area contributed by atoms with Crippen molar-refractivity contribution in [2.24, 2.45) is 0 Å². The van der Waals surface area contributed by atoms with Crippen molar-refractivity contribution in [1.29, 1.82) is 0 Å². The van der Waals surface area contributed by atoms with Crippen molar-refractivity contribution in [3.05, 3.63) is 58.0 Å².